The molecule has 96 valence electrons. The van der Waals surface area contributed by atoms with Crippen LogP contribution in [0.1, 0.15) is 18.9 Å². The Hall–Kier alpha value is -1.44. The largest absolute Gasteiger partial charge is 0.300 e. The molecule has 1 aromatic heterocycles. The Morgan fingerprint density at radius 3 is 2.78 bits per heavy atom. The van der Waals surface area contributed by atoms with Crippen LogP contribution >= 0.6 is 0 Å². The normalized spacial score (nSPS) is 25.8. The van der Waals surface area contributed by atoms with E-state index in [0.717, 1.165) is 19.6 Å². The quantitative estimate of drug-likeness (QED) is 0.808. The summed E-state index contributed by atoms with van der Waals surface area (Å²) in [5.41, 5.74) is 1.29. The first-order valence-corrected chi connectivity index (χ1v) is 6.41. The monoisotopic (exact) mass is 244 g/mol. The summed E-state index contributed by atoms with van der Waals surface area (Å²) in [6.07, 6.45) is 4.28. The van der Waals surface area contributed by atoms with Gasteiger partial charge in [0, 0.05) is 44.1 Å². The zero-order chi connectivity index (χ0) is 13.0. The molecule has 0 bridgehead atoms. The van der Waals surface area contributed by atoms with E-state index in [9.17, 15) is 0 Å². The fraction of sp³-hybridized carbons (Fsp3) is 0.571. The third-order valence-corrected chi connectivity index (χ3v) is 3.71. The van der Waals surface area contributed by atoms with Crippen LogP contribution < -0.4 is 0 Å². The first kappa shape index (κ1) is 13.0. The van der Waals surface area contributed by atoms with Gasteiger partial charge in [-0.1, -0.05) is 0 Å². The summed E-state index contributed by atoms with van der Waals surface area (Å²) in [6.45, 7) is 5.19. The molecular formula is C14H20N4. The fourth-order valence-electron chi connectivity index (χ4n) is 2.54. The number of hydrogen-bond acceptors (Lipinski definition) is 4. The highest BCUT2D eigenvalue weighted by atomic mass is 15.3. The minimum atomic E-state index is 0.355. The average Bonchev–Trinajstić information content (AvgIpc) is 2.37. The smallest absolute Gasteiger partial charge is 0.0638 e. The van der Waals surface area contributed by atoms with Crippen LogP contribution in [0.2, 0.25) is 0 Å². The Balaban J connectivity index is 2.01. The number of pyridine rings is 1. The van der Waals surface area contributed by atoms with Crippen molar-refractivity contribution in [1.29, 1.82) is 5.26 Å². The Morgan fingerprint density at radius 2 is 2.11 bits per heavy atom. The molecule has 0 amide bonds. The van der Waals surface area contributed by atoms with E-state index >= 15 is 0 Å². The molecule has 1 aliphatic rings. The molecule has 0 spiro atoms. The topological polar surface area (TPSA) is 43.2 Å². The maximum Gasteiger partial charge on any atom is 0.0638 e. The van der Waals surface area contributed by atoms with Gasteiger partial charge >= 0.3 is 0 Å². The average molecular weight is 244 g/mol. The van der Waals surface area contributed by atoms with E-state index in [1.165, 1.54) is 5.56 Å². The molecule has 18 heavy (non-hydrogen) atoms. The van der Waals surface area contributed by atoms with Gasteiger partial charge in [0.05, 0.1) is 12.5 Å². The highest BCUT2D eigenvalue weighted by molar-refractivity contribution is 5.10. The van der Waals surface area contributed by atoms with Crippen LogP contribution in [0.3, 0.4) is 0 Å². The predicted octanol–water partition coefficient (Wildman–Crippen LogP) is 1.50. The van der Waals surface area contributed by atoms with Crippen molar-refractivity contribution in [3.05, 3.63) is 30.1 Å². The molecule has 0 radical (unpaired) electrons. The lowest BCUT2D eigenvalue weighted by atomic mass is 10.0. The number of nitrogens with zero attached hydrogens (tertiary/aromatic N) is 4. The second-order valence-electron chi connectivity index (χ2n) is 5.09. The highest BCUT2D eigenvalue weighted by Crippen LogP contribution is 2.18. The van der Waals surface area contributed by atoms with Crippen LogP contribution in [-0.4, -0.2) is 47.0 Å². The molecule has 1 aromatic rings. The molecule has 4 heteroatoms. The number of nitriles is 1. The summed E-state index contributed by atoms with van der Waals surface area (Å²) >= 11 is 0. The van der Waals surface area contributed by atoms with Crippen molar-refractivity contribution in [3.63, 3.8) is 0 Å². The summed E-state index contributed by atoms with van der Waals surface area (Å²) in [4.78, 5) is 8.80. The third kappa shape index (κ3) is 3.06. The molecule has 2 rings (SSSR count). The molecule has 1 saturated heterocycles. The predicted molar refractivity (Wildman–Crippen MR) is 70.8 cm³/mol. The van der Waals surface area contributed by atoms with Crippen LogP contribution in [0.5, 0.6) is 0 Å². The van der Waals surface area contributed by atoms with Crippen LogP contribution in [0.4, 0.5) is 0 Å². The first-order chi connectivity index (χ1) is 8.70. The van der Waals surface area contributed by atoms with E-state index in [1.54, 1.807) is 0 Å². The number of rotatable bonds is 3. The molecule has 2 atom stereocenters. The summed E-state index contributed by atoms with van der Waals surface area (Å²) in [7, 11) is 2.11. The van der Waals surface area contributed by atoms with Gasteiger partial charge in [-0.15, -0.1) is 0 Å². The standard InChI is InChI=1S/C14H20N4/c1-12-9-17(2)14(3-6-15)11-18(12)10-13-4-7-16-8-5-13/h4-5,7-8,12,14H,3,9-11H2,1-2H3. The molecule has 0 saturated carbocycles. The maximum absolute atomic E-state index is 8.87. The summed E-state index contributed by atoms with van der Waals surface area (Å²) in [6, 6.07) is 7.29. The van der Waals surface area contributed by atoms with Gasteiger partial charge in [-0.25, -0.2) is 0 Å². The molecule has 0 N–H and O–H groups in total. The van der Waals surface area contributed by atoms with Gasteiger partial charge < -0.3 is 0 Å². The molecular weight excluding hydrogens is 224 g/mol. The lowest BCUT2D eigenvalue weighted by Crippen LogP contribution is -2.55. The minimum absolute atomic E-state index is 0.355. The second kappa shape index (κ2) is 5.94. The van der Waals surface area contributed by atoms with Crippen LogP contribution in [0.15, 0.2) is 24.5 Å². The van der Waals surface area contributed by atoms with Crippen molar-refractivity contribution < 1.29 is 0 Å². The van der Waals surface area contributed by atoms with Gasteiger partial charge in [-0.3, -0.25) is 14.8 Å². The second-order valence-corrected chi connectivity index (χ2v) is 5.09. The number of hydrogen-bond donors (Lipinski definition) is 0. The summed E-state index contributed by atoms with van der Waals surface area (Å²) in [5, 5.41) is 8.87. The Kier molecular flexibility index (Phi) is 4.29. The van der Waals surface area contributed by atoms with Gasteiger partial charge in [-0.2, -0.15) is 5.26 Å². The summed E-state index contributed by atoms with van der Waals surface area (Å²) in [5.74, 6) is 0. The lowest BCUT2D eigenvalue weighted by Gasteiger charge is -2.43. The van der Waals surface area contributed by atoms with Gasteiger partial charge in [0.2, 0.25) is 0 Å². The first-order valence-electron chi connectivity index (χ1n) is 6.41. The Labute approximate surface area is 109 Å². The van der Waals surface area contributed by atoms with Crippen LogP contribution in [-0.2, 0) is 6.54 Å². The minimum Gasteiger partial charge on any atom is -0.300 e. The third-order valence-electron chi connectivity index (χ3n) is 3.71. The van der Waals surface area contributed by atoms with Crippen LogP contribution in [0.25, 0.3) is 0 Å². The maximum atomic E-state index is 8.87. The zero-order valence-electron chi connectivity index (χ0n) is 11.1. The number of piperazine rings is 1. The Morgan fingerprint density at radius 1 is 1.39 bits per heavy atom. The van der Waals surface area contributed by atoms with E-state index in [0.29, 0.717) is 18.5 Å². The highest BCUT2D eigenvalue weighted by Gasteiger charge is 2.28. The van der Waals surface area contributed by atoms with Gasteiger partial charge in [0.25, 0.3) is 0 Å². The van der Waals surface area contributed by atoms with E-state index in [1.807, 2.05) is 12.4 Å². The van der Waals surface area contributed by atoms with Crippen molar-refractivity contribution in [1.82, 2.24) is 14.8 Å². The fourth-order valence-corrected chi connectivity index (χ4v) is 2.54. The number of aromatic nitrogens is 1. The lowest BCUT2D eigenvalue weighted by molar-refractivity contribution is 0.0488. The Bertz CT molecular complexity index is 412. The molecule has 1 aliphatic heterocycles. The summed E-state index contributed by atoms with van der Waals surface area (Å²) < 4.78 is 0. The van der Waals surface area contributed by atoms with Crippen molar-refractivity contribution in [2.45, 2.75) is 32.0 Å². The van der Waals surface area contributed by atoms with E-state index in [2.05, 4.69) is 47.0 Å². The van der Waals surface area contributed by atoms with E-state index in [4.69, 9.17) is 5.26 Å². The molecule has 0 aromatic carbocycles. The zero-order valence-corrected chi connectivity index (χ0v) is 11.1. The number of likely N-dealkylation sites (N-methyl/N-ethyl adjacent to an activating group) is 1. The SMILES string of the molecule is CC1CN(C)C(CC#N)CN1Cc1ccncc1. The van der Waals surface area contributed by atoms with E-state index < -0.39 is 0 Å². The van der Waals surface area contributed by atoms with Gasteiger partial charge in [0.15, 0.2) is 0 Å². The molecule has 2 unspecified atom stereocenters. The van der Waals surface area contributed by atoms with Crippen molar-refractivity contribution in [3.8, 4) is 6.07 Å². The van der Waals surface area contributed by atoms with Crippen molar-refractivity contribution in [2.24, 2.45) is 0 Å². The molecule has 1 fully saturated rings. The van der Waals surface area contributed by atoms with Crippen molar-refractivity contribution in [2.75, 3.05) is 20.1 Å². The van der Waals surface area contributed by atoms with Crippen LogP contribution in [0, 0.1) is 11.3 Å². The van der Waals surface area contributed by atoms with Gasteiger partial charge in [-0.05, 0) is 31.7 Å². The molecule has 0 aliphatic carbocycles. The molecule has 4 nitrogen and oxygen atoms in total. The molecule has 2 heterocycles. The van der Waals surface area contributed by atoms with Gasteiger partial charge in [0.1, 0.15) is 0 Å². The van der Waals surface area contributed by atoms with Crippen molar-refractivity contribution >= 4 is 0 Å². The van der Waals surface area contributed by atoms with E-state index in [-0.39, 0.29) is 0 Å².